The molecule has 0 amide bonds. The number of aromatic nitrogens is 2. The molecule has 0 aliphatic heterocycles. The highest BCUT2D eigenvalue weighted by atomic mass is 79.9. The zero-order valence-electron chi connectivity index (χ0n) is 9.56. The fraction of sp³-hybridized carbons (Fsp3) is 0.231. The maximum Gasteiger partial charge on any atom is 0.198 e. The smallest absolute Gasteiger partial charge is 0.198 e. The molecule has 2 aromatic rings. The number of carbonyl (C=O) groups is 1. The van der Waals surface area contributed by atoms with Gasteiger partial charge in [0.05, 0.1) is 0 Å². The van der Waals surface area contributed by atoms with Crippen LogP contribution in [0.15, 0.2) is 41.1 Å². The van der Waals surface area contributed by atoms with Gasteiger partial charge in [-0.25, -0.2) is 4.98 Å². The lowest BCUT2D eigenvalue weighted by Crippen LogP contribution is -2.08. The highest BCUT2D eigenvalue weighted by molar-refractivity contribution is 9.10. The molecule has 4 heteroatoms. The van der Waals surface area contributed by atoms with Gasteiger partial charge in [-0.3, -0.25) is 4.79 Å². The Bertz CT molecular complexity index is 534. The van der Waals surface area contributed by atoms with Crippen LogP contribution in [0.3, 0.4) is 0 Å². The molecule has 1 aromatic carbocycles. The number of nitrogens with zero attached hydrogens (tertiary/aromatic N) is 2. The van der Waals surface area contributed by atoms with Gasteiger partial charge in [0.15, 0.2) is 11.6 Å². The number of halogens is 1. The van der Waals surface area contributed by atoms with E-state index in [-0.39, 0.29) is 5.78 Å². The Kier molecular flexibility index (Phi) is 3.74. The lowest BCUT2D eigenvalue weighted by molar-refractivity contribution is 0.0970. The molecule has 2 rings (SSSR count). The third-order valence-corrected chi connectivity index (χ3v) is 3.09. The van der Waals surface area contributed by atoms with Crippen molar-refractivity contribution in [3.8, 4) is 0 Å². The van der Waals surface area contributed by atoms with Gasteiger partial charge in [0, 0.05) is 30.3 Å². The van der Waals surface area contributed by atoms with Gasteiger partial charge in [-0.2, -0.15) is 0 Å². The van der Waals surface area contributed by atoms with Crippen LogP contribution in [-0.2, 0) is 13.5 Å². The van der Waals surface area contributed by atoms with E-state index in [0.717, 1.165) is 16.5 Å². The first-order chi connectivity index (χ1) is 8.16. The van der Waals surface area contributed by atoms with Crippen molar-refractivity contribution in [1.29, 1.82) is 0 Å². The molecule has 0 fully saturated rings. The highest BCUT2D eigenvalue weighted by Crippen LogP contribution is 2.13. The molecule has 17 heavy (non-hydrogen) atoms. The fourth-order valence-corrected chi connectivity index (χ4v) is 2.14. The fourth-order valence-electron chi connectivity index (χ4n) is 1.70. The van der Waals surface area contributed by atoms with Crippen molar-refractivity contribution in [2.75, 3.05) is 0 Å². The van der Waals surface area contributed by atoms with E-state index in [0.29, 0.717) is 12.2 Å². The Morgan fingerprint density at radius 2 is 2.29 bits per heavy atom. The second-order valence-electron chi connectivity index (χ2n) is 3.91. The molecule has 0 radical (unpaired) electrons. The van der Waals surface area contributed by atoms with Gasteiger partial charge >= 0.3 is 0 Å². The van der Waals surface area contributed by atoms with E-state index < -0.39 is 0 Å². The molecule has 0 saturated heterocycles. The Balaban J connectivity index is 1.99. The van der Waals surface area contributed by atoms with Gasteiger partial charge in [-0.1, -0.05) is 28.1 Å². The molecule has 0 aliphatic carbocycles. The molecule has 0 atom stereocenters. The summed E-state index contributed by atoms with van der Waals surface area (Å²) in [6, 6.07) is 8.01. The largest absolute Gasteiger partial charge is 0.332 e. The SMILES string of the molecule is Cn1ccnc1C(=O)CCc1cccc(Br)c1. The van der Waals surface area contributed by atoms with Gasteiger partial charge in [0.25, 0.3) is 0 Å². The van der Waals surface area contributed by atoms with E-state index in [1.807, 2.05) is 31.3 Å². The number of carbonyl (C=O) groups excluding carboxylic acids is 1. The van der Waals surface area contributed by atoms with Crippen molar-refractivity contribution in [1.82, 2.24) is 9.55 Å². The average Bonchev–Trinajstić information content (AvgIpc) is 2.72. The number of rotatable bonds is 4. The Morgan fingerprint density at radius 3 is 2.94 bits per heavy atom. The van der Waals surface area contributed by atoms with Crippen LogP contribution in [0, 0.1) is 0 Å². The van der Waals surface area contributed by atoms with Gasteiger partial charge < -0.3 is 4.57 Å². The maximum absolute atomic E-state index is 11.9. The monoisotopic (exact) mass is 292 g/mol. The first-order valence-corrected chi connectivity index (χ1v) is 6.21. The quantitative estimate of drug-likeness (QED) is 0.812. The molecule has 0 aliphatic rings. The summed E-state index contributed by atoms with van der Waals surface area (Å²) in [5.74, 6) is 0.609. The van der Waals surface area contributed by atoms with Crippen LogP contribution in [0.4, 0.5) is 0 Å². The molecule has 1 heterocycles. The molecule has 0 bridgehead atoms. The second kappa shape index (κ2) is 5.27. The van der Waals surface area contributed by atoms with Crippen molar-refractivity contribution in [3.63, 3.8) is 0 Å². The minimum absolute atomic E-state index is 0.0810. The van der Waals surface area contributed by atoms with E-state index in [2.05, 4.69) is 20.9 Å². The minimum atomic E-state index is 0.0810. The summed E-state index contributed by atoms with van der Waals surface area (Å²) in [5, 5.41) is 0. The Hall–Kier alpha value is -1.42. The summed E-state index contributed by atoms with van der Waals surface area (Å²) in [4.78, 5) is 15.9. The second-order valence-corrected chi connectivity index (χ2v) is 4.83. The van der Waals surface area contributed by atoms with E-state index >= 15 is 0 Å². The zero-order chi connectivity index (χ0) is 12.3. The van der Waals surface area contributed by atoms with Gasteiger partial charge in [0.2, 0.25) is 0 Å². The maximum atomic E-state index is 11.9. The predicted octanol–water partition coefficient (Wildman–Crippen LogP) is 3.00. The van der Waals surface area contributed by atoms with Gasteiger partial charge in [-0.05, 0) is 24.1 Å². The molecule has 1 aromatic heterocycles. The Morgan fingerprint density at radius 1 is 1.47 bits per heavy atom. The highest BCUT2D eigenvalue weighted by Gasteiger charge is 2.10. The molecule has 88 valence electrons. The average molecular weight is 293 g/mol. The summed E-state index contributed by atoms with van der Waals surface area (Å²) in [6.45, 7) is 0. The number of imidazole rings is 1. The summed E-state index contributed by atoms with van der Waals surface area (Å²) >= 11 is 3.42. The van der Waals surface area contributed by atoms with E-state index in [1.165, 1.54) is 0 Å². The number of hydrogen-bond acceptors (Lipinski definition) is 2. The number of benzene rings is 1. The predicted molar refractivity (Wildman–Crippen MR) is 70.0 cm³/mol. The van der Waals surface area contributed by atoms with E-state index in [9.17, 15) is 4.79 Å². The minimum Gasteiger partial charge on any atom is -0.332 e. The number of ketones is 1. The van der Waals surface area contributed by atoms with E-state index in [4.69, 9.17) is 0 Å². The van der Waals surface area contributed by atoms with Crippen molar-refractivity contribution < 1.29 is 4.79 Å². The van der Waals surface area contributed by atoms with Crippen LogP contribution >= 0.6 is 15.9 Å². The number of aryl methyl sites for hydroxylation is 2. The van der Waals surface area contributed by atoms with Crippen molar-refractivity contribution >= 4 is 21.7 Å². The topological polar surface area (TPSA) is 34.9 Å². The van der Waals surface area contributed by atoms with Crippen molar-refractivity contribution in [2.45, 2.75) is 12.8 Å². The van der Waals surface area contributed by atoms with Crippen LogP contribution in [-0.4, -0.2) is 15.3 Å². The third-order valence-electron chi connectivity index (χ3n) is 2.60. The molecular weight excluding hydrogens is 280 g/mol. The van der Waals surface area contributed by atoms with Crippen LogP contribution in [0.1, 0.15) is 22.6 Å². The van der Waals surface area contributed by atoms with Crippen LogP contribution in [0.25, 0.3) is 0 Å². The molecule has 0 N–H and O–H groups in total. The first kappa shape index (κ1) is 12.0. The number of hydrogen-bond donors (Lipinski definition) is 0. The van der Waals surface area contributed by atoms with Crippen LogP contribution in [0.2, 0.25) is 0 Å². The first-order valence-electron chi connectivity index (χ1n) is 5.42. The molecule has 0 saturated carbocycles. The lowest BCUT2D eigenvalue weighted by atomic mass is 10.1. The summed E-state index contributed by atoms with van der Waals surface area (Å²) in [6.07, 6.45) is 4.66. The normalized spacial score (nSPS) is 10.5. The number of Topliss-reactive ketones (excluding diaryl/α,β-unsaturated/α-hetero) is 1. The molecular formula is C13H13BrN2O. The lowest BCUT2D eigenvalue weighted by Gasteiger charge is -2.02. The van der Waals surface area contributed by atoms with Gasteiger partial charge in [-0.15, -0.1) is 0 Å². The van der Waals surface area contributed by atoms with Crippen molar-refractivity contribution in [2.24, 2.45) is 7.05 Å². The summed E-state index contributed by atoms with van der Waals surface area (Å²) in [7, 11) is 1.83. The van der Waals surface area contributed by atoms with Crippen molar-refractivity contribution in [3.05, 3.63) is 52.5 Å². The van der Waals surface area contributed by atoms with Crippen LogP contribution < -0.4 is 0 Å². The van der Waals surface area contributed by atoms with Gasteiger partial charge in [0.1, 0.15) is 0 Å². The standard InChI is InChI=1S/C13H13BrN2O/c1-16-8-7-15-13(16)12(17)6-5-10-3-2-4-11(14)9-10/h2-4,7-9H,5-6H2,1H3. The third kappa shape index (κ3) is 3.03. The van der Waals surface area contributed by atoms with E-state index in [1.54, 1.807) is 17.0 Å². The molecule has 0 spiro atoms. The molecule has 0 unspecified atom stereocenters. The molecule has 3 nitrogen and oxygen atoms in total. The Labute approximate surface area is 109 Å². The summed E-state index contributed by atoms with van der Waals surface area (Å²) < 4.78 is 2.79. The zero-order valence-corrected chi connectivity index (χ0v) is 11.1. The van der Waals surface area contributed by atoms with Crippen LogP contribution in [0.5, 0.6) is 0 Å². The summed E-state index contributed by atoms with van der Waals surface area (Å²) in [5.41, 5.74) is 1.15.